The number of nitrogens with one attached hydrogen (secondary N) is 1. The maximum atomic E-state index is 6.34. The summed E-state index contributed by atoms with van der Waals surface area (Å²) in [7, 11) is 2.06. The van der Waals surface area contributed by atoms with Crippen LogP contribution in [0, 0.1) is 16.7 Å². The Labute approximate surface area is 130 Å². The smallest absolute Gasteiger partial charge is 0.0449 e. The van der Waals surface area contributed by atoms with Crippen molar-refractivity contribution in [3.8, 4) is 0 Å². The highest BCUT2D eigenvalue weighted by Crippen LogP contribution is 2.69. The lowest BCUT2D eigenvalue weighted by Gasteiger charge is -2.19. The van der Waals surface area contributed by atoms with E-state index in [1.165, 1.54) is 5.56 Å². The summed E-state index contributed by atoms with van der Waals surface area (Å²) in [4.78, 5) is 0. The number of hydrogen-bond donors (Lipinski definition) is 1. The average molecular weight is 345 g/mol. The highest BCUT2D eigenvalue weighted by atomic mass is 79.9. The Kier molecular flexibility index (Phi) is 4.08. The van der Waals surface area contributed by atoms with E-state index in [1.54, 1.807) is 0 Å². The van der Waals surface area contributed by atoms with Crippen molar-refractivity contribution in [1.82, 2.24) is 5.32 Å². The fourth-order valence-electron chi connectivity index (χ4n) is 3.56. The number of halogens is 2. The summed E-state index contributed by atoms with van der Waals surface area (Å²) in [5.41, 5.74) is 2.01. The molecular formula is C16H23BrClN. The van der Waals surface area contributed by atoms with Gasteiger partial charge < -0.3 is 5.32 Å². The highest BCUT2D eigenvalue weighted by Gasteiger charge is 2.66. The van der Waals surface area contributed by atoms with Crippen molar-refractivity contribution in [1.29, 1.82) is 0 Å². The summed E-state index contributed by atoms with van der Waals surface area (Å²) in [5.74, 6) is 0.685. The van der Waals surface area contributed by atoms with Gasteiger partial charge in [0.05, 0.1) is 0 Å². The van der Waals surface area contributed by atoms with E-state index in [0.717, 1.165) is 15.9 Å². The summed E-state index contributed by atoms with van der Waals surface area (Å²) in [5, 5.41) is 4.35. The molecule has 0 bridgehead atoms. The molecule has 3 heteroatoms. The molecule has 1 aromatic carbocycles. The van der Waals surface area contributed by atoms with E-state index in [2.05, 4.69) is 68.1 Å². The second kappa shape index (κ2) is 5.05. The van der Waals surface area contributed by atoms with Crippen LogP contribution in [-0.2, 0) is 6.42 Å². The van der Waals surface area contributed by atoms with Crippen molar-refractivity contribution in [2.45, 2.75) is 40.2 Å². The minimum atomic E-state index is 0.391. The molecule has 1 nitrogen and oxygen atoms in total. The van der Waals surface area contributed by atoms with Gasteiger partial charge in [0.15, 0.2) is 0 Å². The minimum Gasteiger partial charge on any atom is -0.316 e. The van der Waals surface area contributed by atoms with Crippen LogP contribution in [-0.4, -0.2) is 13.1 Å². The van der Waals surface area contributed by atoms with E-state index in [1.807, 2.05) is 6.07 Å². The Morgan fingerprint density at radius 3 is 2.26 bits per heavy atom. The first-order chi connectivity index (χ1) is 8.71. The molecule has 0 saturated heterocycles. The molecule has 1 fully saturated rings. The third-order valence-corrected chi connectivity index (χ3v) is 6.21. The van der Waals surface area contributed by atoms with Crippen LogP contribution in [0.4, 0.5) is 0 Å². The van der Waals surface area contributed by atoms with Crippen molar-refractivity contribution in [2.75, 3.05) is 7.05 Å². The molecule has 1 atom stereocenters. The number of likely N-dealkylation sites (N-methyl/N-ethyl adjacent to an activating group) is 1. The molecule has 1 aliphatic rings. The van der Waals surface area contributed by atoms with E-state index < -0.39 is 0 Å². The first kappa shape index (κ1) is 15.3. The summed E-state index contributed by atoms with van der Waals surface area (Å²) in [6.45, 7) is 9.47. The predicted octanol–water partition coefficient (Wildman–Crippen LogP) is 4.92. The Bertz CT molecular complexity index is 468. The minimum absolute atomic E-state index is 0.391. The summed E-state index contributed by atoms with van der Waals surface area (Å²) >= 11 is 9.80. The molecule has 0 radical (unpaired) electrons. The van der Waals surface area contributed by atoms with E-state index in [-0.39, 0.29) is 0 Å². The lowest BCUT2D eigenvalue weighted by Crippen LogP contribution is -2.32. The van der Waals surface area contributed by atoms with Crippen LogP contribution in [0.5, 0.6) is 0 Å². The van der Waals surface area contributed by atoms with Crippen LogP contribution in [0.3, 0.4) is 0 Å². The van der Waals surface area contributed by atoms with E-state index in [0.29, 0.717) is 22.8 Å². The summed E-state index contributed by atoms with van der Waals surface area (Å²) in [6, 6.07) is 6.65. The Morgan fingerprint density at radius 1 is 1.26 bits per heavy atom. The molecule has 0 amide bonds. The standard InChI is InChI=1S/C16H23BrClN/c1-15(2)14(16(15,3)4)13(19-5)8-10-6-7-11(17)9-12(10)18/h6-7,9,13-14,19H,8H2,1-5H3. The molecule has 19 heavy (non-hydrogen) atoms. The molecule has 1 saturated carbocycles. The molecule has 0 aromatic heterocycles. The molecule has 106 valence electrons. The molecule has 1 aromatic rings. The van der Waals surface area contributed by atoms with Gasteiger partial charge in [-0.25, -0.2) is 0 Å². The van der Waals surface area contributed by atoms with Crippen molar-refractivity contribution in [2.24, 2.45) is 16.7 Å². The maximum absolute atomic E-state index is 6.34. The monoisotopic (exact) mass is 343 g/mol. The first-order valence-corrected chi connectivity index (χ1v) is 8.00. The van der Waals surface area contributed by atoms with Gasteiger partial charge in [-0.3, -0.25) is 0 Å². The number of rotatable bonds is 4. The largest absolute Gasteiger partial charge is 0.316 e. The Morgan fingerprint density at radius 2 is 1.84 bits per heavy atom. The predicted molar refractivity (Wildman–Crippen MR) is 86.8 cm³/mol. The van der Waals surface area contributed by atoms with Gasteiger partial charge in [-0.2, -0.15) is 0 Å². The van der Waals surface area contributed by atoms with E-state index >= 15 is 0 Å². The lowest BCUT2D eigenvalue weighted by molar-refractivity contribution is 0.421. The van der Waals surface area contributed by atoms with Gasteiger partial charge in [0, 0.05) is 15.5 Å². The first-order valence-electron chi connectivity index (χ1n) is 6.83. The fraction of sp³-hybridized carbons (Fsp3) is 0.625. The molecule has 0 heterocycles. The van der Waals surface area contributed by atoms with Gasteiger partial charge in [0.2, 0.25) is 0 Å². The van der Waals surface area contributed by atoms with Gasteiger partial charge in [0.1, 0.15) is 0 Å². The van der Waals surface area contributed by atoms with E-state index in [9.17, 15) is 0 Å². The molecule has 0 spiro atoms. The van der Waals surface area contributed by atoms with Crippen molar-refractivity contribution in [3.05, 3.63) is 33.3 Å². The summed E-state index contributed by atoms with van der Waals surface area (Å²) < 4.78 is 1.04. The zero-order valence-electron chi connectivity index (χ0n) is 12.3. The normalized spacial score (nSPS) is 22.3. The summed E-state index contributed by atoms with van der Waals surface area (Å²) in [6.07, 6.45) is 0.986. The molecule has 2 rings (SSSR count). The van der Waals surface area contributed by atoms with Crippen LogP contribution in [0.2, 0.25) is 5.02 Å². The van der Waals surface area contributed by atoms with Gasteiger partial charge in [0.25, 0.3) is 0 Å². The lowest BCUT2D eigenvalue weighted by atomic mass is 9.97. The second-order valence-corrected chi connectivity index (χ2v) is 8.08. The topological polar surface area (TPSA) is 12.0 Å². The quantitative estimate of drug-likeness (QED) is 0.818. The van der Waals surface area contributed by atoms with Crippen molar-refractivity contribution < 1.29 is 0 Å². The van der Waals surface area contributed by atoms with Crippen LogP contribution >= 0.6 is 27.5 Å². The van der Waals surface area contributed by atoms with Crippen LogP contribution in [0.15, 0.2) is 22.7 Å². The number of hydrogen-bond acceptors (Lipinski definition) is 1. The fourth-order valence-corrected chi connectivity index (χ4v) is 4.31. The van der Waals surface area contributed by atoms with Crippen LogP contribution in [0.1, 0.15) is 33.3 Å². The molecule has 0 aliphatic heterocycles. The third kappa shape index (κ3) is 2.59. The molecule has 1 aliphatic carbocycles. The van der Waals surface area contributed by atoms with Crippen LogP contribution < -0.4 is 5.32 Å². The SMILES string of the molecule is CNC(Cc1ccc(Br)cc1Cl)C1C(C)(C)C1(C)C. The average Bonchev–Trinajstić information content (AvgIpc) is 2.70. The van der Waals surface area contributed by atoms with Gasteiger partial charge in [-0.1, -0.05) is 61.3 Å². The zero-order chi connectivity index (χ0) is 14.4. The van der Waals surface area contributed by atoms with Gasteiger partial charge in [-0.15, -0.1) is 0 Å². The van der Waals surface area contributed by atoms with Gasteiger partial charge >= 0.3 is 0 Å². The second-order valence-electron chi connectivity index (χ2n) is 6.76. The van der Waals surface area contributed by atoms with E-state index in [4.69, 9.17) is 11.6 Å². The molecule has 1 N–H and O–H groups in total. The molecule has 1 unspecified atom stereocenters. The number of benzene rings is 1. The van der Waals surface area contributed by atoms with Crippen LogP contribution in [0.25, 0.3) is 0 Å². The van der Waals surface area contributed by atoms with Gasteiger partial charge in [-0.05, 0) is 47.9 Å². The third-order valence-electron chi connectivity index (χ3n) is 5.36. The molecular weight excluding hydrogens is 322 g/mol. The Hall–Kier alpha value is -0.0500. The zero-order valence-corrected chi connectivity index (χ0v) is 14.7. The van der Waals surface area contributed by atoms with Crippen molar-refractivity contribution >= 4 is 27.5 Å². The maximum Gasteiger partial charge on any atom is 0.0449 e. The Balaban J connectivity index is 2.17. The van der Waals surface area contributed by atoms with Crippen molar-refractivity contribution in [3.63, 3.8) is 0 Å². The highest BCUT2D eigenvalue weighted by molar-refractivity contribution is 9.10.